The first kappa shape index (κ1) is 21.0. The Kier molecular flexibility index (Phi) is 6.41. The van der Waals surface area contributed by atoms with Gasteiger partial charge in [-0.1, -0.05) is 18.2 Å². The van der Waals surface area contributed by atoms with Gasteiger partial charge >= 0.3 is 5.97 Å². The van der Waals surface area contributed by atoms with Crippen LogP contribution >= 0.6 is 0 Å². The molecule has 2 aromatic carbocycles. The minimum Gasteiger partial charge on any atom is -0.452 e. The van der Waals surface area contributed by atoms with Gasteiger partial charge in [-0.15, -0.1) is 0 Å². The average molecular weight is 411 g/mol. The number of amides is 2. The van der Waals surface area contributed by atoms with E-state index in [2.05, 4.69) is 5.32 Å². The van der Waals surface area contributed by atoms with Crippen molar-refractivity contribution in [3.63, 3.8) is 0 Å². The van der Waals surface area contributed by atoms with Gasteiger partial charge in [0.05, 0.1) is 10.5 Å². The van der Waals surface area contributed by atoms with E-state index in [0.717, 1.165) is 12.0 Å². The maximum absolute atomic E-state index is 12.3. The number of nitrogens with one attached hydrogen (secondary N) is 1. The molecule has 1 aliphatic rings. The number of nitro benzene ring substituents is 1. The summed E-state index contributed by atoms with van der Waals surface area (Å²) >= 11 is 0. The highest BCUT2D eigenvalue weighted by atomic mass is 16.6. The number of anilines is 1. The van der Waals surface area contributed by atoms with Crippen LogP contribution in [-0.4, -0.2) is 40.8 Å². The number of hydrogen-bond acceptors (Lipinski definition) is 6. The fourth-order valence-electron chi connectivity index (χ4n) is 3.18. The van der Waals surface area contributed by atoms with Crippen molar-refractivity contribution in [3.8, 4) is 0 Å². The van der Waals surface area contributed by atoms with Crippen LogP contribution in [0.1, 0.15) is 34.3 Å². The van der Waals surface area contributed by atoms with E-state index in [4.69, 9.17) is 4.74 Å². The van der Waals surface area contributed by atoms with Crippen LogP contribution < -0.4 is 5.32 Å². The van der Waals surface area contributed by atoms with E-state index in [1.54, 1.807) is 30.0 Å². The number of nitrogens with zero attached hydrogens (tertiary/aromatic N) is 2. The Balaban J connectivity index is 1.56. The maximum atomic E-state index is 12.3. The molecule has 1 saturated heterocycles. The summed E-state index contributed by atoms with van der Waals surface area (Å²) in [5.41, 5.74) is 1.68. The number of rotatable bonds is 7. The Morgan fingerprint density at radius 2 is 2.03 bits per heavy atom. The van der Waals surface area contributed by atoms with Crippen molar-refractivity contribution in [2.45, 2.75) is 26.3 Å². The van der Waals surface area contributed by atoms with Crippen LogP contribution in [0.2, 0.25) is 0 Å². The molecule has 2 amide bonds. The maximum Gasteiger partial charge on any atom is 0.338 e. The highest BCUT2D eigenvalue weighted by molar-refractivity contribution is 5.95. The molecule has 0 unspecified atom stereocenters. The number of nitro groups is 1. The molecule has 1 fully saturated rings. The lowest BCUT2D eigenvalue weighted by molar-refractivity contribution is -0.385. The number of ether oxygens (including phenoxy) is 1. The van der Waals surface area contributed by atoms with E-state index in [-0.39, 0.29) is 22.8 Å². The average Bonchev–Trinajstić information content (AvgIpc) is 3.12. The van der Waals surface area contributed by atoms with Gasteiger partial charge < -0.3 is 15.0 Å². The molecule has 1 heterocycles. The summed E-state index contributed by atoms with van der Waals surface area (Å²) in [4.78, 5) is 48.3. The second-order valence-electron chi connectivity index (χ2n) is 7.00. The van der Waals surface area contributed by atoms with Crippen molar-refractivity contribution < 1.29 is 24.0 Å². The lowest BCUT2D eigenvalue weighted by Gasteiger charge is -2.15. The van der Waals surface area contributed by atoms with Crippen molar-refractivity contribution in [1.29, 1.82) is 0 Å². The number of likely N-dealkylation sites (tertiary alicyclic amines) is 1. The van der Waals surface area contributed by atoms with E-state index in [9.17, 15) is 24.5 Å². The Morgan fingerprint density at radius 1 is 1.23 bits per heavy atom. The third kappa shape index (κ3) is 5.19. The predicted octanol–water partition coefficient (Wildman–Crippen LogP) is 2.82. The van der Waals surface area contributed by atoms with Gasteiger partial charge in [0.1, 0.15) is 0 Å². The zero-order chi connectivity index (χ0) is 21.7. The first-order valence-electron chi connectivity index (χ1n) is 9.42. The van der Waals surface area contributed by atoms with Gasteiger partial charge in [0, 0.05) is 36.8 Å². The Morgan fingerprint density at radius 3 is 2.73 bits per heavy atom. The second kappa shape index (κ2) is 9.17. The quantitative estimate of drug-likeness (QED) is 0.425. The molecule has 0 saturated carbocycles. The van der Waals surface area contributed by atoms with Gasteiger partial charge in [0.25, 0.3) is 11.6 Å². The Labute approximate surface area is 172 Å². The number of carbonyl (C=O) groups excluding carboxylic acids is 3. The summed E-state index contributed by atoms with van der Waals surface area (Å²) in [6, 6.07) is 11.0. The molecule has 156 valence electrons. The van der Waals surface area contributed by atoms with Crippen LogP contribution in [0, 0.1) is 17.0 Å². The van der Waals surface area contributed by atoms with Crippen LogP contribution in [-0.2, 0) is 20.9 Å². The van der Waals surface area contributed by atoms with Crippen LogP contribution in [0.4, 0.5) is 11.4 Å². The first-order chi connectivity index (χ1) is 14.3. The molecule has 9 nitrogen and oxygen atoms in total. The van der Waals surface area contributed by atoms with Crippen LogP contribution in [0.3, 0.4) is 0 Å². The lowest BCUT2D eigenvalue weighted by Crippen LogP contribution is -2.24. The van der Waals surface area contributed by atoms with E-state index < -0.39 is 23.4 Å². The number of aryl methyl sites for hydroxylation is 1. The molecule has 30 heavy (non-hydrogen) atoms. The van der Waals surface area contributed by atoms with Gasteiger partial charge in [-0.2, -0.15) is 0 Å². The number of esters is 1. The fraction of sp³-hybridized carbons (Fsp3) is 0.286. The smallest absolute Gasteiger partial charge is 0.338 e. The molecule has 1 N–H and O–H groups in total. The molecule has 9 heteroatoms. The molecule has 3 rings (SSSR count). The summed E-state index contributed by atoms with van der Waals surface area (Å²) in [6.45, 7) is 2.19. The van der Waals surface area contributed by atoms with Crippen molar-refractivity contribution in [3.05, 3.63) is 69.3 Å². The van der Waals surface area contributed by atoms with Crippen LogP contribution in [0.15, 0.2) is 42.5 Å². The second-order valence-corrected chi connectivity index (χ2v) is 7.00. The zero-order valence-corrected chi connectivity index (χ0v) is 16.4. The van der Waals surface area contributed by atoms with Gasteiger partial charge in [-0.25, -0.2) is 4.79 Å². The Hall–Kier alpha value is -3.75. The topological polar surface area (TPSA) is 119 Å². The molecular weight excluding hydrogens is 390 g/mol. The van der Waals surface area contributed by atoms with E-state index in [1.165, 1.54) is 18.2 Å². The molecule has 0 radical (unpaired) electrons. The van der Waals surface area contributed by atoms with E-state index in [0.29, 0.717) is 25.1 Å². The molecule has 0 atom stereocenters. The van der Waals surface area contributed by atoms with Gasteiger partial charge in [0.2, 0.25) is 5.91 Å². The molecule has 0 aromatic heterocycles. The minimum atomic E-state index is -0.672. The summed E-state index contributed by atoms with van der Waals surface area (Å²) in [5.74, 6) is -1.19. The number of benzene rings is 2. The van der Waals surface area contributed by atoms with Crippen molar-refractivity contribution in [1.82, 2.24) is 4.90 Å². The summed E-state index contributed by atoms with van der Waals surface area (Å²) in [7, 11) is 0. The summed E-state index contributed by atoms with van der Waals surface area (Å²) in [5, 5.41) is 13.5. The standard InChI is InChI=1S/C21H21N3O6/c1-14-7-8-17(11-18(14)24(28)29)22-19(25)13-30-21(27)16-5-2-4-15(10-16)12-23-9-3-6-20(23)26/h2,4-5,7-8,10-11H,3,6,9,12-13H2,1H3,(H,22,25). The normalized spacial score (nSPS) is 13.2. The van der Waals surface area contributed by atoms with Gasteiger partial charge in [0.15, 0.2) is 6.61 Å². The molecule has 1 aliphatic heterocycles. The molecular formula is C21H21N3O6. The minimum absolute atomic E-state index is 0.0935. The van der Waals surface area contributed by atoms with Gasteiger partial charge in [-0.05, 0) is 37.1 Å². The first-order valence-corrected chi connectivity index (χ1v) is 9.42. The van der Waals surface area contributed by atoms with E-state index >= 15 is 0 Å². The predicted molar refractivity (Wildman–Crippen MR) is 108 cm³/mol. The molecule has 0 bridgehead atoms. The van der Waals surface area contributed by atoms with Crippen LogP contribution in [0.25, 0.3) is 0 Å². The van der Waals surface area contributed by atoms with Crippen molar-refractivity contribution in [2.24, 2.45) is 0 Å². The number of carbonyl (C=O) groups is 3. The highest BCUT2D eigenvalue weighted by Crippen LogP contribution is 2.22. The molecule has 0 aliphatic carbocycles. The third-order valence-electron chi connectivity index (χ3n) is 4.73. The molecule has 0 spiro atoms. The largest absolute Gasteiger partial charge is 0.452 e. The summed E-state index contributed by atoms with van der Waals surface area (Å²) < 4.78 is 5.04. The SMILES string of the molecule is Cc1ccc(NC(=O)COC(=O)c2cccc(CN3CCCC3=O)c2)cc1[N+](=O)[O-]. The monoisotopic (exact) mass is 411 g/mol. The molecule has 2 aromatic rings. The van der Waals surface area contributed by atoms with Crippen LogP contribution in [0.5, 0.6) is 0 Å². The third-order valence-corrected chi connectivity index (χ3v) is 4.73. The highest BCUT2D eigenvalue weighted by Gasteiger charge is 2.20. The summed E-state index contributed by atoms with van der Waals surface area (Å²) in [6.07, 6.45) is 1.38. The van der Waals surface area contributed by atoms with Gasteiger partial charge in [-0.3, -0.25) is 19.7 Å². The van der Waals surface area contributed by atoms with Crippen molar-refractivity contribution in [2.75, 3.05) is 18.5 Å². The lowest BCUT2D eigenvalue weighted by atomic mass is 10.1. The fourth-order valence-corrected chi connectivity index (χ4v) is 3.18. The zero-order valence-electron chi connectivity index (χ0n) is 16.4. The van der Waals surface area contributed by atoms with Crippen molar-refractivity contribution >= 4 is 29.2 Å². The van der Waals surface area contributed by atoms with E-state index in [1.807, 2.05) is 6.07 Å². The Bertz CT molecular complexity index is 1000. The number of hydrogen-bond donors (Lipinski definition) is 1.